The van der Waals surface area contributed by atoms with Crippen LogP contribution in [0.25, 0.3) is 6.08 Å². The van der Waals surface area contributed by atoms with E-state index in [1.807, 2.05) is 0 Å². The first-order valence-electron chi connectivity index (χ1n) is 8.83. The molecule has 2 aromatic carbocycles. The van der Waals surface area contributed by atoms with Gasteiger partial charge in [0.15, 0.2) is 12.4 Å². The van der Waals surface area contributed by atoms with Crippen molar-refractivity contribution in [2.24, 2.45) is 0 Å². The third-order valence-electron chi connectivity index (χ3n) is 4.17. The maximum absolute atomic E-state index is 12.7. The molecule has 0 bridgehead atoms. The average Bonchev–Trinajstić information content (AvgIpc) is 3.05. The number of Topliss-reactive ketones (excluding diaryl/α,β-unsaturated/α-hetero) is 1. The standard InChI is InChI=1S/C21H19NO8/c1-27-13-4-6-16(28-2)12(7-13)8-18-21(26)15-5-3-14(9-17(15)30-18)29-11-19(23)22-10-20(24)25/h3-9H,10-11H2,1-2H3,(H,22,23)(H,24,25). The van der Waals surface area contributed by atoms with Crippen LogP contribution in [0.15, 0.2) is 42.2 Å². The van der Waals surface area contributed by atoms with Gasteiger partial charge in [-0.05, 0) is 36.4 Å². The number of hydrogen-bond donors (Lipinski definition) is 2. The lowest BCUT2D eigenvalue weighted by Gasteiger charge is -2.08. The fraction of sp³-hybridized carbons (Fsp3) is 0.190. The first kappa shape index (κ1) is 20.7. The number of hydrogen-bond acceptors (Lipinski definition) is 7. The molecule has 30 heavy (non-hydrogen) atoms. The van der Waals surface area contributed by atoms with Crippen molar-refractivity contribution in [2.45, 2.75) is 0 Å². The molecule has 0 radical (unpaired) electrons. The molecule has 2 aromatic rings. The van der Waals surface area contributed by atoms with Crippen LogP contribution in [-0.4, -0.2) is 50.1 Å². The van der Waals surface area contributed by atoms with Crippen LogP contribution in [0.4, 0.5) is 0 Å². The number of carbonyl (C=O) groups is 3. The third-order valence-corrected chi connectivity index (χ3v) is 4.17. The Bertz CT molecular complexity index is 1030. The minimum atomic E-state index is -1.15. The number of nitrogens with one attached hydrogen (secondary N) is 1. The zero-order valence-corrected chi connectivity index (χ0v) is 16.3. The molecule has 156 valence electrons. The molecule has 1 aliphatic rings. The van der Waals surface area contributed by atoms with Crippen molar-refractivity contribution in [3.63, 3.8) is 0 Å². The van der Waals surface area contributed by atoms with Gasteiger partial charge in [0.2, 0.25) is 5.78 Å². The van der Waals surface area contributed by atoms with E-state index < -0.39 is 18.4 Å². The van der Waals surface area contributed by atoms with Gasteiger partial charge in [0.25, 0.3) is 5.91 Å². The molecule has 9 heteroatoms. The van der Waals surface area contributed by atoms with Gasteiger partial charge in [-0.1, -0.05) is 0 Å². The predicted molar refractivity (Wildman–Crippen MR) is 105 cm³/mol. The fourth-order valence-corrected chi connectivity index (χ4v) is 2.72. The quantitative estimate of drug-likeness (QED) is 0.630. The molecule has 0 atom stereocenters. The number of aliphatic carboxylic acids is 1. The first-order chi connectivity index (χ1) is 14.4. The summed E-state index contributed by atoms with van der Waals surface area (Å²) < 4.78 is 21.5. The second-order valence-corrected chi connectivity index (χ2v) is 6.16. The van der Waals surface area contributed by atoms with Crippen molar-refractivity contribution in [3.05, 3.63) is 53.3 Å². The summed E-state index contributed by atoms with van der Waals surface area (Å²) in [6.07, 6.45) is 1.56. The Morgan fingerprint density at radius 2 is 1.87 bits per heavy atom. The van der Waals surface area contributed by atoms with E-state index in [4.69, 9.17) is 24.1 Å². The lowest BCUT2D eigenvalue weighted by Crippen LogP contribution is -2.33. The second kappa shape index (κ2) is 8.99. The second-order valence-electron chi connectivity index (χ2n) is 6.16. The van der Waals surface area contributed by atoms with Crippen molar-refractivity contribution >= 4 is 23.7 Å². The van der Waals surface area contributed by atoms with Gasteiger partial charge in [-0.2, -0.15) is 0 Å². The van der Waals surface area contributed by atoms with Crippen LogP contribution in [0.2, 0.25) is 0 Å². The topological polar surface area (TPSA) is 120 Å². The summed E-state index contributed by atoms with van der Waals surface area (Å²) in [4.78, 5) is 34.7. The highest BCUT2D eigenvalue weighted by Crippen LogP contribution is 2.36. The summed E-state index contributed by atoms with van der Waals surface area (Å²) in [6.45, 7) is -0.865. The summed E-state index contributed by atoms with van der Waals surface area (Å²) in [5.41, 5.74) is 0.963. The van der Waals surface area contributed by atoms with Gasteiger partial charge >= 0.3 is 5.97 Å². The number of ether oxygens (including phenoxy) is 4. The highest BCUT2D eigenvalue weighted by molar-refractivity contribution is 6.14. The molecule has 0 saturated heterocycles. The Morgan fingerprint density at radius 3 is 2.57 bits per heavy atom. The van der Waals surface area contributed by atoms with Crippen molar-refractivity contribution in [3.8, 4) is 23.0 Å². The summed E-state index contributed by atoms with van der Waals surface area (Å²) >= 11 is 0. The monoisotopic (exact) mass is 413 g/mol. The van der Waals surface area contributed by atoms with Gasteiger partial charge in [0.05, 0.1) is 19.8 Å². The van der Waals surface area contributed by atoms with E-state index in [9.17, 15) is 14.4 Å². The largest absolute Gasteiger partial charge is 0.497 e. The maximum atomic E-state index is 12.7. The fourth-order valence-electron chi connectivity index (χ4n) is 2.72. The summed E-state index contributed by atoms with van der Waals surface area (Å²) in [7, 11) is 3.06. The van der Waals surface area contributed by atoms with Crippen LogP contribution >= 0.6 is 0 Å². The van der Waals surface area contributed by atoms with E-state index in [1.165, 1.54) is 32.4 Å². The molecule has 2 N–H and O–H groups in total. The molecule has 1 aliphatic heterocycles. The molecule has 3 rings (SSSR count). The van der Waals surface area contributed by atoms with Crippen LogP contribution in [0, 0.1) is 0 Å². The Balaban J connectivity index is 1.75. The molecule has 0 saturated carbocycles. The number of fused-ring (bicyclic) bond motifs is 1. The number of ketones is 1. The molecule has 0 unspecified atom stereocenters. The van der Waals surface area contributed by atoms with E-state index in [-0.39, 0.29) is 23.9 Å². The first-order valence-corrected chi connectivity index (χ1v) is 8.83. The predicted octanol–water partition coefficient (Wildman–Crippen LogP) is 1.90. The normalized spacial score (nSPS) is 13.4. The molecular formula is C21H19NO8. The Kier molecular flexibility index (Phi) is 6.21. The summed E-state index contributed by atoms with van der Waals surface area (Å²) in [6, 6.07) is 9.73. The molecule has 9 nitrogen and oxygen atoms in total. The minimum Gasteiger partial charge on any atom is -0.497 e. The molecule has 1 heterocycles. The molecule has 0 fully saturated rings. The lowest BCUT2D eigenvalue weighted by atomic mass is 10.1. The van der Waals surface area contributed by atoms with Gasteiger partial charge in [-0.15, -0.1) is 0 Å². The van der Waals surface area contributed by atoms with Crippen LogP contribution in [-0.2, 0) is 9.59 Å². The van der Waals surface area contributed by atoms with E-state index in [0.717, 1.165) is 0 Å². The zero-order valence-electron chi connectivity index (χ0n) is 16.3. The van der Waals surface area contributed by atoms with E-state index in [2.05, 4.69) is 5.32 Å². The van der Waals surface area contributed by atoms with Gasteiger partial charge in [-0.3, -0.25) is 14.4 Å². The van der Waals surface area contributed by atoms with Crippen molar-refractivity contribution in [1.82, 2.24) is 5.32 Å². The van der Waals surface area contributed by atoms with E-state index in [0.29, 0.717) is 28.4 Å². The van der Waals surface area contributed by atoms with Crippen molar-refractivity contribution in [1.29, 1.82) is 0 Å². The van der Waals surface area contributed by atoms with Crippen LogP contribution in [0.1, 0.15) is 15.9 Å². The van der Waals surface area contributed by atoms with Crippen LogP contribution < -0.4 is 24.3 Å². The van der Waals surface area contributed by atoms with E-state index >= 15 is 0 Å². The minimum absolute atomic E-state index is 0.105. The Labute approximate surface area is 171 Å². The number of carboxylic acid groups (broad SMARTS) is 1. The number of methoxy groups -OCH3 is 2. The van der Waals surface area contributed by atoms with Gasteiger partial charge in [0, 0.05) is 11.6 Å². The third kappa shape index (κ3) is 4.69. The van der Waals surface area contributed by atoms with Gasteiger partial charge in [-0.25, -0.2) is 0 Å². The van der Waals surface area contributed by atoms with Gasteiger partial charge < -0.3 is 29.4 Å². The summed E-state index contributed by atoms with van der Waals surface area (Å²) in [5, 5.41) is 10.7. The van der Waals surface area contributed by atoms with Crippen LogP contribution in [0.5, 0.6) is 23.0 Å². The molecule has 1 amide bonds. The molecule has 0 aromatic heterocycles. The highest BCUT2D eigenvalue weighted by atomic mass is 16.5. The van der Waals surface area contributed by atoms with Crippen LogP contribution in [0.3, 0.4) is 0 Å². The Morgan fingerprint density at radius 1 is 1.10 bits per heavy atom. The summed E-state index contributed by atoms with van der Waals surface area (Å²) in [5.74, 6) is -0.202. The number of amides is 1. The van der Waals surface area contributed by atoms with Crippen molar-refractivity contribution in [2.75, 3.05) is 27.4 Å². The number of rotatable bonds is 8. The maximum Gasteiger partial charge on any atom is 0.322 e. The lowest BCUT2D eigenvalue weighted by molar-refractivity contribution is -0.138. The zero-order chi connectivity index (χ0) is 21.7. The van der Waals surface area contributed by atoms with Gasteiger partial charge in [0.1, 0.15) is 29.5 Å². The highest BCUT2D eigenvalue weighted by Gasteiger charge is 2.28. The number of allylic oxidation sites excluding steroid dienone is 1. The average molecular weight is 413 g/mol. The Hall–Kier alpha value is -4.01. The number of benzene rings is 2. The number of carbonyl (C=O) groups excluding carboxylic acids is 2. The SMILES string of the molecule is COc1ccc(OC)c(C=C2Oc3cc(OCC(=O)NCC(=O)O)ccc3C2=O)c1. The molecule has 0 aliphatic carbocycles. The number of carboxylic acids is 1. The smallest absolute Gasteiger partial charge is 0.322 e. The molecule has 0 spiro atoms. The molecular weight excluding hydrogens is 394 g/mol. The van der Waals surface area contributed by atoms with Crippen molar-refractivity contribution < 1.29 is 38.4 Å². The van der Waals surface area contributed by atoms with E-state index in [1.54, 1.807) is 24.3 Å².